The molecule has 0 bridgehead atoms. The summed E-state index contributed by atoms with van der Waals surface area (Å²) in [6, 6.07) is 18.6. The monoisotopic (exact) mass is 322 g/mol. The van der Waals surface area contributed by atoms with Crippen LogP contribution in [0.25, 0.3) is 0 Å². The molecule has 0 nitrogen and oxygen atoms in total. The molecule has 0 aliphatic carbocycles. The molecule has 0 saturated carbocycles. The SMILES string of the molecule is CC(Cc1ccccc1Br)C(Cl)c1ccccc1. The first-order valence-electron chi connectivity index (χ1n) is 6.11. The van der Waals surface area contributed by atoms with Gasteiger partial charge < -0.3 is 0 Å². The van der Waals surface area contributed by atoms with Crippen molar-refractivity contribution in [2.24, 2.45) is 5.92 Å². The molecule has 2 heteroatoms. The van der Waals surface area contributed by atoms with Crippen LogP contribution in [0.3, 0.4) is 0 Å². The number of halogens is 2. The molecular weight excluding hydrogens is 308 g/mol. The summed E-state index contributed by atoms with van der Waals surface area (Å²) in [5, 5.41) is 0.0540. The fraction of sp³-hybridized carbons (Fsp3) is 0.250. The van der Waals surface area contributed by atoms with Crippen LogP contribution in [0.15, 0.2) is 59.1 Å². The third-order valence-electron chi connectivity index (χ3n) is 3.12. The van der Waals surface area contributed by atoms with Gasteiger partial charge in [-0.2, -0.15) is 0 Å². The summed E-state index contributed by atoms with van der Waals surface area (Å²) in [4.78, 5) is 0. The average Bonchev–Trinajstić information content (AvgIpc) is 2.41. The molecule has 18 heavy (non-hydrogen) atoms. The molecule has 0 aromatic heterocycles. The molecule has 0 fully saturated rings. The van der Waals surface area contributed by atoms with Crippen molar-refractivity contribution in [2.75, 3.05) is 0 Å². The summed E-state index contributed by atoms with van der Waals surface area (Å²) in [6.07, 6.45) is 0.977. The quantitative estimate of drug-likeness (QED) is 0.642. The highest BCUT2D eigenvalue weighted by Gasteiger charge is 2.17. The highest BCUT2D eigenvalue weighted by atomic mass is 79.9. The van der Waals surface area contributed by atoms with Crippen LogP contribution < -0.4 is 0 Å². The third kappa shape index (κ3) is 3.37. The van der Waals surface area contributed by atoms with Gasteiger partial charge in [-0.25, -0.2) is 0 Å². The van der Waals surface area contributed by atoms with Gasteiger partial charge >= 0.3 is 0 Å². The van der Waals surface area contributed by atoms with Crippen LogP contribution in [0.5, 0.6) is 0 Å². The first-order valence-corrected chi connectivity index (χ1v) is 7.34. The number of alkyl halides is 1. The molecule has 0 aliphatic heterocycles. The van der Waals surface area contributed by atoms with Crippen LogP contribution in [0, 0.1) is 5.92 Å². The van der Waals surface area contributed by atoms with Crippen molar-refractivity contribution in [1.82, 2.24) is 0 Å². The van der Waals surface area contributed by atoms with Gasteiger partial charge in [-0.05, 0) is 29.5 Å². The molecule has 0 N–H and O–H groups in total. The minimum absolute atomic E-state index is 0.0540. The standard InChI is InChI=1S/C16H16BrCl/c1-12(11-14-9-5-6-10-15(14)17)16(18)13-7-3-2-4-8-13/h2-10,12,16H,11H2,1H3. The van der Waals surface area contributed by atoms with Gasteiger partial charge in [0.1, 0.15) is 0 Å². The molecule has 94 valence electrons. The van der Waals surface area contributed by atoms with E-state index < -0.39 is 0 Å². The maximum absolute atomic E-state index is 6.54. The molecule has 0 spiro atoms. The molecule has 2 aromatic carbocycles. The van der Waals surface area contributed by atoms with Gasteiger partial charge in [0.15, 0.2) is 0 Å². The Labute approximate surface area is 122 Å². The molecule has 2 unspecified atom stereocenters. The maximum atomic E-state index is 6.54. The van der Waals surface area contributed by atoms with Crippen LogP contribution in [0.4, 0.5) is 0 Å². The van der Waals surface area contributed by atoms with E-state index in [9.17, 15) is 0 Å². The summed E-state index contributed by atoms with van der Waals surface area (Å²) >= 11 is 10.1. The van der Waals surface area contributed by atoms with E-state index in [0.29, 0.717) is 5.92 Å². The Bertz CT molecular complexity index is 495. The van der Waals surface area contributed by atoms with Crippen LogP contribution in [-0.2, 0) is 6.42 Å². The van der Waals surface area contributed by atoms with E-state index in [2.05, 4.69) is 53.2 Å². The summed E-state index contributed by atoms with van der Waals surface area (Å²) in [5.74, 6) is 0.396. The third-order valence-corrected chi connectivity index (χ3v) is 4.57. The minimum Gasteiger partial charge on any atom is -0.118 e. The number of hydrogen-bond acceptors (Lipinski definition) is 0. The molecule has 2 atom stereocenters. The molecule has 0 heterocycles. The molecule has 2 aromatic rings. The molecule has 0 radical (unpaired) electrons. The fourth-order valence-corrected chi connectivity index (χ4v) is 2.76. The zero-order chi connectivity index (χ0) is 13.0. The summed E-state index contributed by atoms with van der Waals surface area (Å²) in [7, 11) is 0. The van der Waals surface area contributed by atoms with Crippen LogP contribution in [0.1, 0.15) is 23.4 Å². The number of rotatable bonds is 4. The lowest BCUT2D eigenvalue weighted by Gasteiger charge is -2.19. The van der Waals surface area contributed by atoms with Gasteiger partial charge in [-0.15, -0.1) is 11.6 Å². The average molecular weight is 324 g/mol. The lowest BCUT2D eigenvalue weighted by atomic mass is 9.94. The normalized spacial score (nSPS) is 14.2. The Morgan fingerprint density at radius 3 is 2.28 bits per heavy atom. The molecule has 0 aliphatic rings. The van der Waals surface area contributed by atoms with Crippen molar-refractivity contribution < 1.29 is 0 Å². The predicted molar refractivity (Wildman–Crippen MR) is 82.0 cm³/mol. The van der Waals surface area contributed by atoms with E-state index in [4.69, 9.17) is 11.6 Å². The highest BCUT2D eigenvalue weighted by molar-refractivity contribution is 9.10. The molecule has 0 amide bonds. The lowest BCUT2D eigenvalue weighted by Crippen LogP contribution is -2.07. The second-order valence-corrected chi connectivity index (χ2v) is 5.91. The van der Waals surface area contributed by atoms with Crippen molar-refractivity contribution in [3.8, 4) is 0 Å². The van der Waals surface area contributed by atoms with Crippen LogP contribution in [0.2, 0.25) is 0 Å². The van der Waals surface area contributed by atoms with E-state index in [1.807, 2.05) is 24.3 Å². The second kappa shape index (κ2) is 6.40. The first-order chi connectivity index (χ1) is 8.68. The van der Waals surface area contributed by atoms with Gasteiger partial charge in [-0.1, -0.05) is 71.4 Å². The van der Waals surface area contributed by atoms with Crippen molar-refractivity contribution in [3.05, 3.63) is 70.2 Å². The minimum atomic E-state index is 0.0540. The van der Waals surface area contributed by atoms with E-state index in [0.717, 1.165) is 10.9 Å². The van der Waals surface area contributed by atoms with Crippen molar-refractivity contribution in [3.63, 3.8) is 0 Å². The molecular formula is C16H16BrCl. The predicted octanol–water partition coefficient (Wildman–Crippen LogP) is 5.61. The largest absolute Gasteiger partial charge is 0.118 e. The van der Waals surface area contributed by atoms with Gasteiger partial charge in [0, 0.05) is 4.47 Å². The summed E-state index contributed by atoms with van der Waals surface area (Å²) in [6.45, 7) is 2.20. The molecule has 0 saturated heterocycles. The maximum Gasteiger partial charge on any atom is 0.0613 e. The van der Waals surface area contributed by atoms with E-state index in [-0.39, 0.29) is 5.38 Å². The number of benzene rings is 2. The Kier molecular flexibility index (Phi) is 4.85. The summed E-state index contributed by atoms with van der Waals surface area (Å²) in [5.41, 5.74) is 2.50. The van der Waals surface area contributed by atoms with Gasteiger partial charge in [0.2, 0.25) is 0 Å². The molecule has 2 rings (SSSR count). The lowest BCUT2D eigenvalue weighted by molar-refractivity contribution is 0.557. The summed E-state index contributed by atoms with van der Waals surface area (Å²) < 4.78 is 1.16. The number of hydrogen-bond donors (Lipinski definition) is 0. The zero-order valence-electron chi connectivity index (χ0n) is 10.3. The van der Waals surface area contributed by atoms with Crippen molar-refractivity contribution in [1.29, 1.82) is 0 Å². The Morgan fingerprint density at radius 2 is 1.61 bits per heavy atom. The van der Waals surface area contributed by atoms with E-state index >= 15 is 0 Å². The van der Waals surface area contributed by atoms with Crippen molar-refractivity contribution in [2.45, 2.75) is 18.7 Å². The smallest absolute Gasteiger partial charge is 0.0613 e. The fourth-order valence-electron chi connectivity index (χ4n) is 2.08. The second-order valence-electron chi connectivity index (χ2n) is 4.59. The Balaban J connectivity index is 2.09. The van der Waals surface area contributed by atoms with Gasteiger partial charge in [0.05, 0.1) is 5.38 Å². The van der Waals surface area contributed by atoms with E-state index in [1.54, 1.807) is 0 Å². The topological polar surface area (TPSA) is 0 Å². The zero-order valence-corrected chi connectivity index (χ0v) is 12.7. The van der Waals surface area contributed by atoms with Crippen LogP contribution >= 0.6 is 27.5 Å². The Morgan fingerprint density at radius 1 is 1.00 bits per heavy atom. The van der Waals surface area contributed by atoms with Crippen molar-refractivity contribution >= 4 is 27.5 Å². The van der Waals surface area contributed by atoms with Gasteiger partial charge in [-0.3, -0.25) is 0 Å². The van der Waals surface area contributed by atoms with Gasteiger partial charge in [0.25, 0.3) is 0 Å². The first kappa shape index (κ1) is 13.6. The van der Waals surface area contributed by atoms with E-state index in [1.165, 1.54) is 11.1 Å². The highest BCUT2D eigenvalue weighted by Crippen LogP contribution is 2.32. The van der Waals surface area contributed by atoms with Crippen LogP contribution in [-0.4, -0.2) is 0 Å². The Hall–Kier alpha value is -0.790.